The van der Waals surface area contributed by atoms with Crippen molar-refractivity contribution in [2.45, 2.75) is 19.3 Å². The molecule has 0 aliphatic carbocycles. The molecular weight excluding hydrogens is 343 g/mol. The fraction of sp³-hybridized carbons (Fsp3) is 0.222. The Morgan fingerprint density at radius 2 is 2.16 bits per heavy atom. The summed E-state index contributed by atoms with van der Waals surface area (Å²) in [6.45, 7) is 2.17. The number of amides is 1. The number of fused-ring (bicyclic) bond motifs is 1. The number of hydrogen-bond acceptors (Lipinski definition) is 3. The maximum Gasteiger partial charge on any atom is 0.232 e. The molecule has 0 aliphatic heterocycles. The van der Waals surface area contributed by atoms with Crippen LogP contribution in [0.2, 0.25) is 5.02 Å². The number of aryl methyl sites for hydroxylation is 1. The summed E-state index contributed by atoms with van der Waals surface area (Å²) in [7, 11) is 0. The first-order valence-corrected chi connectivity index (χ1v) is 8.28. The highest BCUT2D eigenvalue weighted by Gasteiger charge is 2.23. The third-order valence-electron chi connectivity index (χ3n) is 4.12. The van der Waals surface area contributed by atoms with Gasteiger partial charge in [0.2, 0.25) is 5.91 Å². The Morgan fingerprint density at radius 3 is 2.88 bits per heavy atom. The first-order chi connectivity index (χ1) is 12.0. The Hall–Kier alpha value is -2.44. The van der Waals surface area contributed by atoms with Gasteiger partial charge < -0.3 is 11.1 Å². The van der Waals surface area contributed by atoms with Crippen molar-refractivity contribution in [2.75, 3.05) is 11.9 Å². The average molecular weight is 361 g/mol. The molecule has 1 atom stereocenters. The molecule has 3 aromatic rings. The summed E-state index contributed by atoms with van der Waals surface area (Å²) >= 11 is 5.79. The van der Waals surface area contributed by atoms with Gasteiger partial charge in [0.15, 0.2) is 0 Å². The van der Waals surface area contributed by atoms with Crippen LogP contribution in [0, 0.1) is 12.7 Å². The standard InChI is InChI=1S/C18H18ClFN4O/c1-10-15-9-12(3-5-17(15)24-23-10)22-18(25)14(6-7-21)13-4-2-11(19)8-16(13)20/h2-5,8-9,14H,6-7,21H2,1H3,(H,22,25)(H,23,24). The van der Waals surface area contributed by atoms with Crippen molar-refractivity contribution in [3.05, 3.63) is 58.5 Å². The number of aromatic nitrogens is 2. The highest BCUT2D eigenvalue weighted by atomic mass is 35.5. The number of aromatic amines is 1. The van der Waals surface area contributed by atoms with Crippen molar-refractivity contribution in [3.8, 4) is 0 Å². The number of nitrogens with two attached hydrogens (primary N) is 1. The van der Waals surface area contributed by atoms with E-state index in [0.29, 0.717) is 12.1 Å². The lowest BCUT2D eigenvalue weighted by atomic mass is 9.94. The molecular formula is C18H18ClFN4O. The predicted molar refractivity (Wildman–Crippen MR) is 97.3 cm³/mol. The highest BCUT2D eigenvalue weighted by molar-refractivity contribution is 6.30. The number of carbonyl (C=O) groups excluding carboxylic acids is 1. The molecule has 0 radical (unpaired) electrons. The Labute approximate surface area is 149 Å². The minimum absolute atomic E-state index is 0.264. The normalized spacial score (nSPS) is 12.3. The van der Waals surface area contributed by atoms with Gasteiger partial charge in [0, 0.05) is 27.4 Å². The topological polar surface area (TPSA) is 83.8 Å². The molecule has 2 aromatic carbocycles. The molecule has 1 heterocycles. The summed E-state index contributed by atoms with van der Waals surface area (Å²) in [4.78, 5) is 12.7. The molecule has 130 valence electrons. The summed E-state index contributed by atoms with van der Waals surface area (Å²) in [6, 6.07) is 9.71. The van der Waals surface area contributed by atoms with Gasteiger partial charge in [0.05, 0.1) is 11.4 Å². The Bertz CT molecular complexity index is 925. The molecule has 0 bridgehead atoms. The largest absolute Gasteiger partial charge is 0.330 e. The van der Waals surface area contributed by atoms with Crippen molar-refractivity contribution in [1.29, 1.82) is 0 Å². The zero-order chi connectivity index (χ0) is 18.0. The fourth-order valence-electron chi connectivity index (χ4n) is 2.82. The number of H-pyrrole nitrogens is 1. The molecule has 5 nitrogen and oxygen atoms in total. The minimum atomic E-state index is -0.691. The molecule has 1 aromatic heterocycles. The van der Waals surface area contributed by atoms with Crippen molar-refractivity contribution < 1.29 is 9.18 Å². The van der Waals surface area contributed by atoms with Crippen LogP contribution in [0.5, 0.6) is 0 Å². The first kappa shape index (κ1) is 17.4. The molecule has 4 N–H and O–H groups in total. The number of halogens is 2. The second-order valence-corrected chi connectivity index (χ2v) is 6.30. The number of benzene rings is 2. The summed E-state index contributed by atoms with van der Waals surface area (Å²) in [6.07, 6.45) is 0.331. The van der Waals surface area contributed by atoms with Gasteiger partial charge in [-0.15, -0.1) is 0 Å². The van der Waals surface area contributed by atoms with E-state index in [0.717, 1.165) is 16.6 Å². The molecule has 1 unspecified atom stereocenters. The zero-order valence-electron chi connectivity index (χ0n) is 13.6. The number of carbonyl (C=O) groups is 1. The number of rotatable bonds is 5. The third-order valence-corrected chi connectivity index (χ3v) is 4.36. The zero-order valence-corrected chi connectivity index (χ0v) is 14.4. The van der Waals surface area contributed by atoms with Gasteiger partial charge in [-0.3, -0.25) is 9.89 Å². The third kappa shape index (κ3) is 3.65. The van der Waals surface area contributed by atoms with Crippen LogP contribution in [0.25, 0.3) is 10.9 Å². The van der Waals surface area contributed by atoms with E-state index in [2.05, 4.69) is 15.5 Å². The first-order valence-electron chi connectivity index (χ1n) is 7.90. The lowest BCUT2D eigenvalue weighted by molar-refractivity contribution is -0.117. The minimum Gasteiger partial charge on any atom is -0.330 e. The number of anilines is 1. The average Bonchev–Trinajstić information content (AvgIpc) is 2.94. The van der Waals surface area contributed by atoms with Gasteiger partial charge in [-0.2, -0.15) is 5.10 Å². The van der Waals surface area contributed by atoms with Crippen molar-refractivity contribution in [2.24, 2.45) is 5.73 Å². The van der Waals surface area contributed by atoms with E-state index in [1.165, 1.54) is 12.1 Å². The highest BCUT2D eigenvalue weighted by Crippen LogP contribution is 2.27. The van der Waals surface area contributed by atoms with E-state index in [-0.39, 0.29) is 23.0 Å². The van der Waals surface area contributed by atoms with Gasteiger partial charge in [0.25, 0.3) is 0 Å². The molecule has 0 saturated heterocycles. The molecule has 0 spiro atoms. The molecule has 1 amide bonds. The van der Waals surface area contributed by atoms with Crippen LogP contribution in [-0.2, 0) is 4.79 Å². The number of hydrogen-bond donors (Lipinski definition) is 3. The van der Waals surface area contributed by atoms with Crippen LogP contribution in [0.3, 0.4) is 0 Å². The monoisotopic (exact) mass is 360 g/mol. The van der Waals surface area contributed by atoms with Crippen LogP contribution in [0.15, 0.2) is 36.4 Å². The van der Waals surface area contributed by atoms with E-state index in [1.54, 1.807) is 12.1 Å². The molecule has 0 fully saturated rings. The van der Waals surface area contributed by atoms with Crippen LogP contribution in [0.4, 0.5) is 10.1 Å². The van der Waals surface area contributed by atoms with Crippen LogP contribution < -0.4 is 11.1 Å². The summed E-state index contributed by atoms with van der Waals surface area (Å²) < 4.78 is 14.2. The summed E-state index contributed by atoms with van der Waals surface area (Å²) in [5.41, 5.74) is 8.25. The summed E-state index contributed by atoms with van der Waals surface area (Å²) in [5, 5.41) is 11.1. The molecule has 3 rings (SSSR count). The van der Waals surface area contributed by atoms with Crippen molar-refractivity contribution in [3.63, 3.8) is 0 Å². The van der Waals surface area contributed by atoms with Gasteiger partial charge in [-0.1, -0.05) is 17.7 Å². The molecule has 0 saturated carbocycles. The Balaban J connectivity index is 1.88. The SMILES string of the molecule is Cc1[nH]nc2ccc(NC(=O)C(CCN)c3ccc(Cl)cc3F)cc12. The van der Waals surface area contributed by atoms with Crippen LogP contribution in [-0.4, -0.2) is 22.6 Å². The van der Waals surface area contributed by atoms with Crippen LogP contribution >= 0.6 is 11.6 Å². The smallest absolute Gasteiger partial charge is 0.232 e. The van der Waals surface area contributed by atoms with Gasteiger partial charge >= 0.3 is 0 Å². The lowest BCUT2D eigenvalue weighted by Gasteiger charge is -2.17. The van der Waals surface area contributed by atoms with E-state index in [4.69, 9.17) is 17.3 Å². The molecule has 7 heteroatoms. The van der Waals surface area contributed by atoms with Gasteiger partial charge in [-0.25, -0.2) is 4.39 Å². The van der Waals surface area contributed by atoms with Gasteiger partial charge in [0.1, 0.15) is 5.82 Å². The second kappa shape index (κ2) is 7.21. The Kier molecular flexibility index (Phi) is 5.01. The molecule has 0 aliphatic rings. The molecule has 25 heavy (non-hydrogen) atoms. The fourth-order valence-corrected chi connectivity index (χ4v) is 2.98. The van der Waals surface area contributed by atoms with Crippen LogP contribution in [0.1, 0.15) is 23.6 Å². The lowest BCUT2D eigenvalue weighted by Crippen LogP contribution is -2.24. The quantitative estimate of drug-likeness (QED) is 0.648. The van der Waals surface area contributed by atoms with Crippen molar-refractivity contribution in [1.82, 2.24) is 10.2 Å². The summed E-state index contributed by atoms with van der Waals surface area (Å²) in [5.74, 6) is -1.52. The van der Waals surface area contributed by atoms with E-state index in [1.807, 2.05) is 19.1 Å². The maximum atomic E-state index is 14.2. The van der Waals surface area contributed by atoms with Gasteiger partial charge in [-0.05, 0) is 50.2 Å². The number of nitrogens with one attached hydrogen (secondary N) is 2. The van der Waals surface area contributed by atoms with E-state index in [9.17, 15) is 9.18 Å². The Morgan fingerprint density at radius 1 is 1.36 bits per heavy atom. The number of nitrogens with zero attached hydrogens (tertiary/aromatic N) is 1. The van der Waals surface area contributed by atoms with E-state index < -0.39 is 11.7 Å². The van der Waals surface area contributed by atoms with Crippen molar-refractivity contribution >= 4 is 34.1 Å². The predicted octanol–water partition coefficient (Wildman–Crippen LogP) is 3.73. The van der Waals surface area contributed by atoms with E-state index >= 15 is 0 Å². The maximum absolute atomic E-state index is 14.2. The second-order valence-electron chi connectivity index (χ2n) is 5.87.